The molecule has 0 spiro atoms. The molecule has 32 heavy (non-hydrogen) atoms. The first kappa shape index (κ1) is 21.2. The van der Waals surface area contributed by atoms with Crippen molar-refractivity contribution in [2.75, 3.05) is 26.3 Å². The number of nitrogens with zero attached hydrogens (tertiary/aromatic N) is 3. The van der Waals surface area contributed by atoms with Gasteiger partial charge < -0.3 is 19.1 Å². The lowest BCUT2D eigenvalue weighted by atomic mass is 10.1. The number of rotatable bonds is 9. The number of carbonyl (C=O) groups excluding carboxylic acids is 1. The fourth-order valence-corrected chi connectivity index (χ4v) is 5.05. The first-order valence-corrected chi connectivity index (χ1v) is 12.0. The Bertz CT molecular complexity index is 1040. The summed E-state index contributed by atoms with van der Waals surface area (Å²) in [6.07, 6.45) is 10.1. The number of ether oxygens (including phenoxy) is 1. The molecule has 7 nitrogen and oxygen atoms in total. The van der Waals surface area contributed by atoms with Gasteiger partial charge in [-0.3, -0.25) is 4.79 Å². The third-order valence-electron chi connectivity index (χ3n) is 6.96. The lowest BCUT2D eigenvalue weighted by Crippen LogP contribution is -2.28. The van der Waals surface area contributed by atoms with Gasteiger partial charge in [-0.05, 0) is 43.2 Å². The zero-order chi connectivity index (χ0) is 21.8. The smallest absolute Gasteiger partial charge is 0.231 e. The second-order valence-corrected chi connectivity index (χ2v) is 9.21. The summed E-state index contributed by atoms with van der Waals surface area (Å²) in [5.74, 6) is 2.41. The number of nitrogens with one attached hydrogen (secondary N) is 1. The number of hydrogen-bond acceptors (Lipinski definition) is 5. The molecule has 2 fully saturated rings. The summed E-state index contributed by atoms with van der Waals surface area (Å²) >= 11 is 0. The lowest BCUT2D eigenvalue weighted by molar-refractivity contribution is -0.130. The van der Waals surface area contributed by atoms with Crippen LogP contribution in [-0.2, 0) is 22.4 Å². The molecule has 1 aromatic carbocycles. The summed E-state index contributed by atoms with van der Waals surface area (Å²) in [5, 5.41) is 5.33. The van der Waals surface area contributed by atoms with Crippen molar-refractivity contribution in [3.63, 3.8) is 0 Å². The van der Waals surface area contributed by atoms with Crippen LogP contribution in [0.15, 0.2) is 35.0 Å². The van der Waals surface area contributed by atoms with Crippen molar-refractivity contribution < 1.29 is 14.1 Å². The molecule has 1 aliphatic carbocycles. The number of H-pyrrole nitrogens is 1. The van der Waals surface area contributed by atoms with E-state index in [4.69, 9.17) is 9.26 Å². The Hall–Kier alpha value is -2.67. The molecule has 170 valence electrons. The third kappa shape index (κ3) is 4.88. The highest BCUT2D eigenvalue weighted by Gasteiger charge is 2.31. The summed E-state index contributed by atoms with van der Waals surface area (Å²) in [4.78, 5) is 22.6. The number of aromatic nitrogens is 3. The minimum absolute atomic E-state index is 0.132. The van der Waals surface area contributed by atoms with Gasteiger partial charge >= 0.3 is 0 Å². The maximum Gasteiger partial charge on any atom is 0.231 e. The molecular weight excluding hydrogens is 404 g/mol. The van der Waals surface area contributed by atoms with Crippen LogP contribution < -0.4 is 0 Å². The zero-order valence-corrected chi connectivity index (χ0v) is 18.6. The van der Waals surface area contributed by atoms with E-state index in [1.165, 1.54) is 36.6 Å². The van der Waals surface area contributed by atoms with Gasteiger partial charge in [-0.15, -0.1) is 0 Å². The zero-order valence-electron chi connectivity index (χ0n) is 18.6. The van der Waals surface area contributed by atoms with Crippen LogP contribution in [-0.4, -0.2) is 52.2 Å². The molecular formula is C25H32N4O3. The van der Waals surface area contributed by atoms with Crippen LogP contribution in [0.25, 0.3) is 10.9 Å². The van der Waals surface area contributed by atoms with E-state index in [-0.39, 0.29) is 11.8 Å². The first-order chi connectivity index (χ1) is 15.8. The van der Waals surface area contributed by atoms with E-state index in [1.807, 2.05) is 23.2 Å². The Morgan fingerprint density at radius 2 is 2.06 bits per heavy atom. The van der Waals surface area contributed by atoms with Crippen LogP contribution in [0.3, 0.4) is 0 Å². The highest BCUT2D eigenvalue weighted by atomic mass is 16.5. The molecule has 7 heteroatoms. The quantitative estimate of drug-likeness (QED) is 0.507. The largest absolute Gasteiger partial charge is 0.381 e. The molecule has 0 bridgehead atoms. The molecule has 3 aromatic rings. The third-order valence-corrected chi connectivity index (χ3v) is 6.96. The molecule has 1 saturated heterocycles. The average molecular weight is 437 g/mol. The molecule has 2 aromatic heterocycles. The van der Waals surface area contributed by atoms with Gasteiger partial charge in [0.25, 0.3) is 0 Å². The first-order valence-electron chi connectivity index (χ1n) is 12.0. The fourth-order valence-electron chi connectivity index (χ4n) is 5.05. The molecule has 1 amide bonds. The minimum atomic E-state index is 0.132. The van der Waals surface area contributed by atoms with Gasteiger partial charge in [0.1, 0.15) is 0 Å². The van der Waals surface area contributed by atoms with E-state index in [0.29, 0.717) is 37.7 Å². The van der Waals surface area contributed by atoms with Crippen molar-refractivity contribution in [1.82, 2.24) is 20.0 Å². The standard InChI is InChI=1S/C25H32N4O3/c30-24(10-9-19-15-26-22-8-4-3-7-21(19)22)29-13-11-20(16-29)25-27-23(28-32-25)12-14-31-17-18-5-1-2-6-18/h3-4,7-8,15,18,20,26H,1-2,5-6,9-14,16-17H2. The Kier molecular flexibility index (Phi) is 6.53. The predicted octanol–water partition coefficient (Wildman–Crippen LogP) is 4.25. The molecule has 1 atom stereocenters. The molecule has 1 aliphatic heterocycles. The van der Waals surface area contributed by atoms with Crippen molar-refractivity contribution in [3.05, 3.63) is 47.7 Å². The van der Waals surface area contributed by atoms with E-state index >= 15 is 0 Å². The van der Waals surface area contributed by atoms with E-state index in [0.717, 1.165) is 37.4 Å². The molecule has 1 saturated carbocycles. The van der Waals surface area contributed by atoms with Gasteiger partial charge in [0.2, 0.25) is 11.8 Å². The van der Waals surface area contributed by atoms with Crippen LogP contribution in [0.4, 0.5) is 0 Å². The number of likely N-dealkylation sites (tertiary alicyclic amines) is 1. The van der Waals surface area contributed by atoms with E-state index < -0.39 is 0 Å². The number of carbonyl (C=O) groups is 1. The molecule has 3 heterocycles. The lowest BCUT2D eigenvalue weighted by Gasteiger charge is -2.15. The van der Waals surface area contributed by atoms with Crippen LogP contribution in [0.1, 0.15) is 61.7 Å². The van der Waals surface area contributed by atoms with Gasteiger partial charge in [-0.1, -0.05) is 36.2 Å². The van der Waals surface area contributed by atoms with Crippen molar-refractivity contribution >= 4 is 16.8 Å². The maximum absolute atomic E-state index is 12.8. The number of para-hydroxylation sites is 1. The number of benzene rings is 1. The molecule has 1 N–H and O–H groups in total. The van der Waals surface area contributed by atoms with Gasteiger partial charge in [0.15, 0.2) is 5.82 Å². The average Bonchev–Trinajstić information content (AvgIpc) is 3.61. The van der Waals surface area contributed by atoms with Crippen LogP contribution in [0, 0.1) is 5.92 Å². The van der Waals surface area contributed by atoms with Gasteiger partial charge in [0, 0.05) is 49.6 Å². The monoisotopic (exact) mass is 436 g/mol. The summed E-state index contributed by atoms with van der Waals surface area (Å²) in [7, 11) is 0. The number of aromatic amines is 1. The fraction of sp³-hybridized carbons (Fsp3) is 0.560. The SMILES string of the molecule is O=C(CCc1c[nH]c2ccccc12)N1CCC(c2nc(CCOCC3CCCC3)no2)C1. The Morgan fingerprint density at radius 3 is 2.97 bits per heavy atom. The normalized spacial score (nSPS) is 19.4. The summed E-state index contributed by atoms with van der Waals surface area (Å²) < 4.78 is 11.3. The summed E-state index contributed by atoms with van der Waals surface area (Å²) in [6.45, 7) is 2.90. The highest BCUT2D eigenvalue weighted by molar-refractivity contribution is 5.84. The van der Waals surface area contributed by atoms with Gasteiger partial charge in [-0.25, -0.2) is 0 Å². The number of aryl methyl sites for hydroxylation is 1. The van der Waals surface area contributed by atoms with Gasteiger partial charge in [0.05, 0.1) is 12.5 Å². The molecule has 2 aliphatic rings. The van der Waals surface area contributed by atoms with Crippen molar-refractivity contribution in [3.8, 4) is 0 Å². The van der Waals surface area contributed by atoms with E-state index in [9.17, 15) is 4.79 Å². The second-order valence-electron chi connectivity index (χ2n) is 9.21. The summed E-state index contributed by atoms with van der Waals surface area (Å²) in [6, 6.07) is 8.22. The summed E-state index contributed by atoms with van der Waals surface area (Å²) in [5.41, 5.74) is 2.31. The van der Waals surface area contributed by atoms with E-state index in [1.54, 1.807) is 0 Å². The number of fused-ring (bicyclic) bond motifs is 1. The molecule has 1 unspecified atom stereocenters. The molecule has 5 rings (SSSR count). The van der Waals surface area contributed by atoms with Crippen molar-refractivity contribution in [2.45, 2.75) is 57.3 Å². The highest BCUT2D eigenvalue weighted by Crippen LogP contribution is 2.27. The van der Waals surface area contributed by atoms with Crippen molar-refractivity contribution in [1.29, 1.82) is 0 Å². The van der Waals surface area contributed by atoms with Gasteiger partial charge in [-0.2, -0.15) is 4.98 Å². The maximum atomic E-state index is 12.8. The van der Waals surface area contributed by atoms with Crippen LogP contribution >= 0.6 is 0 Å². The number of hydrogen-bond donors (Lipinski definition) is 1. The van der Waals surface area contributed by atoms with Crippen LogP contribution in [0.5, 0.6) is 0 Å². The topological polar surface area (TPSA) is 84.2 Å². The van der Waals surface area contributed by atoms with Crippen molar-refractivity contribution in [2.24, 2.45) is 5.92 Å². The Balaban J connectivity index is 1.07. The van der Waals surface area contributed by atoms with E-state index in [2.05, 4.69) is 27.3 Å². The van der Waals surface area contributed by atoms with Crippen LogP contribution in [0.2, 0.25) is 0 Å². The molecule has 0 radical (unpaired) electrons. The minimum Gasteiger partial charge on any atom is -0.381 e. The Morgan fingerprint density at radius 1 is 1.19 bits per heavy atom. The second kappa shape index (κ2) is 9.86. The number of amides is 1. The predicted molar refractivity (Wildman–Crippen MR) is 121 cm³/mol. The Labute approximate surface area is 188 Å².